The van der Waals surface area contributed by atoms with Crippen LogP contribution in [0.4, 0.5) is 0 Å². The third-order valence-electron chi connectivity index (χ3n) is 2.20. The highest BCUT2D eigenvalue weighted by Gasteiger charge is 2.26. The van der Waals surface area contributed by atoms with Gasteiger partial charge in [0.2, 0.25) is 5.91 Å². The van der Waals surface area contributed by atoms with Crippen LogP contribution in [0.25, 0.3) is 0 Å². The standard InChI is InChI=1S/C8H14N2O3/c1-10(13-2)8(12)6-3-4-7(11)9-5-6/h6H,3-5H2,1-2H3,(H,9,11). The predicted octanol–water partition coefficient (Wildman–Crippen LogP) is -0.468. The zero-order valence-corrected chi connectivity index (χ0v) is 7.87. The number of piperidine rings is 1. The first-order valence-corrected chi connectivity index (χ1v) is 4.23. The van der Waals surface area contributed by atoms with Crippen LogP contribution in [0.15, 0.2) is 0 Å². The van der Waals surface area contributed by atoms with E-state index in [0.29, 0.717) is 19.4 Å². The Bertz CT molecular complexity index is 207. The van der Waals surface area contributed by atoms with Crippen LogP contribution in [0.2, 0.25) is 0 Å². The van der Waals surface area contributed by atoms with Crippen LogP contribution in [-0.2, 0) is 14.4 Å². The van der Waals surface area contributed by atoms with Crippen molar-refractivity contribution in [1.82, 2.24) is 10.4 Å². The minimum atomic E-state index is -0.136. The van der Waals surface area contributed by atoms with Crippen LogP contribution in [0.3, 0.4) is 0 Å². The Morgan fingerprint density at radius 1 is 1.69 bits per heavy atom. The zero-order chi connectivity index (χ0) is 9.84. The lowest BCUT2D eigenvalue weighted by atomic mass is 9.98. The summed E-state index contributed by atoms with van der Waals surface area (Å²) in [6, 6.07) is 0. The fraction of sp³-hybridized carbons (Fsp3) is 0.750. The number of carbonyl (C=O) groups is 2. The summed E-state index contributed by atoms with van der Waals surface area (Å²) in [6.45, 7) is 0.422. The lowest BCUT2D eigenvalue weighted by molar-refractivity contribution is -0.174. The maximum Gasteiger partial charge on any atom is 0.250 e. The highest BCUT2D eigenvalue weighted by atomic mass is 16.7. The molecule has 1 unspecified atom stereocenters. The predicted molar refractivity (Wildman–Crippen MR) is 45.5 cm³/mol. The third-order valence-corrected chi connectivity index (χ3v) is 2.20. The number of nitrogens with one attached hydrogen (secondary N) is 1. The Balaban J connectivity index is 2.44. The van der Waals surface area contributed by atoms with E-state index in [2.05, 4.69) is 5.32 Å². The first-order chi connectivity index (χ1) is 6.15. The van der Waals surface area contributed by atoms with Gasteiger partial charge in [-0.05, 0) is 6.42 Å². The number of hydrogen-bond acceptors (Lipinski definition) is 3. The third kappa shape index (κ3) is 2.42. The molecule has 1 saturated heterocycles. The summed E-state index contributed by atoms with van der Waals surface area (Å²) in [5.41, 5.74) is 0. The van der Waals surface area contributed by atoms with Crippen molar-refractivity contribution < 1.29 is 14.4 Å². The first kappa shape index (κ1) is 9.98. The molecule has 0 saturated carbocycles. The molecule has 1 rings (SSSR count). The average molecular weight is 186 g/mol. The molecule has 1 atom stereocenters. The second kappa shape index (κ2) is 4.23. The first-order valence-electron chi connectivity index (χ1n) is 4.23. The molecule has 1 N–H and O–H groups in total. The highest BCUT2D eigenvalue weighted by Crippen LogP contribution is 2.13. The van der Waals surface area contributed by atoms with Gasteiger partial charge in [0.1, 0.15) is 0 Å². The van der Waals surface area contributed by atoms with Crippen molar-refractivity contribution in [3.63, 3.8) is 0 Å². The van der Waals surface area contributed by atoms with Gasteiger partial charge in [0, 0.05) is 20.0 Å². The van der Waals surface area contributed by atoms with Gasteiger partial charge in [0.05, 0.1) is 13.0 Å². The van der Waals surface area contributed by atoms with E-state index in [-0.39, 0.29) is 17.7 Å². The molecule has 0 aromatic carbocycles. The van der Waals surface area contributed by atoms with Gasteiger partial charge in [-0.25, -0.2) is 5.06 Å². The van der Waals surface area contributed by atoms with Crippen molar-refractivity contribution in [2.75, 3.05) is 20.7 Å². The fourth-order valence-electron chi connectivity index (χ4n) is 1.29. The summed E-state index contributed by atoms with van der Waals surface area (Å²) >= 11 is 0. The van der Waals surface area contributed by atoms with Crippen LogP contribution in [-0.4, -0.2) is 37.6 Å². The maximum absolute atomic E-state index is 11.5. The Hall–Kier alpha value is -1.10. The Morgan fingerprint density at radius 3 is 2.85 bits per heavy atom. The highest BCUT2D eigenvalue weighted by molar-refractivity contribution is 5.83. The number of nitrogens with zero attached hydrogens (tertiary/aromatic N) is 1. The fourth-order valence-corrected chi connectivity index (χ4v) is 1.29. The van der Waals surface area contributed by atoms with Crippen LogP contribution in [0.5, 0.6) is 0 Å². The van der Waals surface area contributed by atoms with Gasteiger partial charge in [-0.1, -0.05) is 0 Å². The van der Waals surface area contributed by atoms with Gasteiger partial charge < -0.3 is 5.32 Å². The van der Waals surface area contributed by atoms with Crippen molar-refractivity contribution in [3.8, 4) is 0 Å². The van der Waals surface area contributed by atoms with E-state index in [4.69, 9.17) is 4.84 Å². The van der Waals surface area contributed by atoms with Gasteiger partial charge >= 0.3 is 0 Å². The molecule has 5 heteroatoms. The molecule has 1 fully saturated rings. The van der Waals surface area contributed by atoms with Gasteiger partial charge in [0.25, 0.3) is 5.91 Å². The summed E-state index contributed by atoms with van der Waals surface area (Å²) in [4.78, 5) is 27.1. The monoisotopic (exact) mass is 186 g/mol. The Kier molecular flexibility index (Phi) is 3.25. The van der Waals surface area contributed by atoms with Gasteiger partial charge in [-0.3, -0.25) is 14.4 Å². The van der Waals surface area contributed by atoms with Crippen LogP contribution >= 0.6 is 0 Å². The van der Waals surface area contributed by atoms with Gasteiger partial charge in [0.15, 0.2) is 0 Å². The number of rotatable bonds is 2. The van der Waals surface area contributed by atoms with E-state index in [1.165, 1.54) is 12.2 Å². The van der Waals surface area contributed by atoms with E-state index in [9.17, 15) is 9.59 Å². The number of hydroxylamine groups is 2. The molecule has 1 heterocycles. The lowest BCUT2D eigenvalue weighted by Crippen LogP contribution is -2.43. The molecule has 74 valence electrons. The smallest absolute Gasteiger partial charge is 0.250 e. The summed E-state index contributed by atoms with van der Waals surface area (Å²) in [6.07, 6.45) is 1.03. The topological polar surface area (TPSA) is 58.6 Å². The molecular weight excluding hydrogens is 172 g/mol. The van der Waals surface area contributed by atoms with E-state index >= 15 is 0 Å². The normalized spacial score (nSPS) is 22.3. The van der Waals surface area contributed by atoms with Crippen LogP contribution < -0.4 is 5.32 Å². The number of carbonyl (C=O) groups excluding carboxylic acids is 2. The molecule has 2 amide bonds. The molecule has 1 aliphatic rings. The van der Waals surface area contributed by atoms with Crippen molar-refractivity contribution >= 4 is 11.8 Å². The Labute approximate surface area is 77.0 Å². The molecule has 1 aliphatic heterocycles. The zero-order valence-electron chi connectivity index (χ0n) is 7.87. The second-order valence-corrected chi connectivity index (χ2v) is 3.06. The summed E-state index contributed by atoms with van der Waals surface area (Å²) in [7, 11) is 3.01. The largest absolute Gasteiger partial charge is 0.355 e. The molecular formula is C8H14N2O3. The molecule has 0 spiro atoms. The molecule has 0 aromatic rings. The van der Waals surface area contributed by atoms with Crippen LogP contribution in [0.1, 0.15) is 12.8 Å². The summed E-state index contributed by atoms with van der Waals surface area (Å²) in [5, 5.41) is 3.85. The quantitative estimate of drug-likeness (QED) is 0.593. The van der Waals surface area contributed by atoms with E-state index in [0.717, 1.165) is 0 Å². The SMILES string of the molecule is CON(C)C(=O)C1CCC(=O)NC1. The van der Waals surface area contributed by atoms with Crippen molar-refractivity contribution in [1.29, 1.82) is 0 Å². The maximum atomic E-state index is 11.5. The van der Waals surface area contributed by atoms with Crippen molar-refractivity contribution in [2.45, 2.75) is 12.8 Å². The van der Waals surface area contributed by atoms with Crippen molar-refractivity contribution in [3.05, 3.63) is 0 Å². The number of amides is 2. The van der Waals surface area contributed by atoms with Crippen LogP contribution in [0, 0.1) is 5.92 Å². The van der Waals surface area contributed by atoms with E-state index in [1.54, 1.807) is 7.05 Å². The minimum absolute atomic E-state index is 0.0177. The Morgan fingerprint density at radius 2 is 2.38 bits per heavy atom. The lowest BCUT2D eigenvalue weighted by Gasteiger charge is -2.24. The molecule has 0 aromatic heterocycles. The van der Waals surface area contributed by atoms with Crippen molar-refractivity contribution in [2.24, 2.45) is 5.92 Å². The van der Waals surface area contributed by atoms with Gasteiger partial charge in [-0.2, -0.15) is 0 Å². The molecule has 0 aliphatic carbocycles. The minimum Gasteiger partial charge on any atom is -0.355 e. The number of hydrogen-bond donors (Lipinski definition) is 1. The average Bonchev–Trinajstić information content (AvgIpc) is 2.17. The van der Waals surface area contributed by atoms with E-state index in [1.807, 2.05) is 0 Å². The summed E-state index contributed by atoms with van der Waals surface area (Å²) < 4.78 is 0. The molecule has 0 radical (unpaired) electrons. The van der Waals surface area contributed by atoms with Gasteiger partial charge in [-0.15, -0.1) is 0 Å². The molecule has 13 heavy (non-hydrogen) atoms. The van der Waals surface area contributed by atoms with E-state index < -0.39 is 0 Å². The molecule has 5 nitrogen and oxygen atoms in total. The second-order valence-electron chi connectivity index (χ2n) is 3.06. The molecule has 0 bridgehead atoms. The summed E-state index contributed by atoms with van der Waals surface area (Å²) in [5.74, 6) is -0.200.